The smallest absolute Gasteiger partial charge is 0.250 e. The molecule has 0 aliphatic carbocycles. The zero-order valence-corrected chi connectivity index (χ0v) is 20.4. The highest BCUT2D eigenvalue weighted by Gasteiger charge is 2.42. The predicted molar refractivity (Wildman–Crippen MR) is 114 cm³/mol. The van der Waals surface area contributed by atoms with Crippen LogP contribution in [0, 0.1) is 0 Å². The molecule has 0 radical (unpaired) electrons. The first kappa shape index (κ1) is 22.8. The van der Waals surface area contributed by atoms with Crippen molar-refractivity contribution in [2.75, 3.05) is 7.11 Å². The molecule has 0 bridgehead atoms. The molecule has 6 heteroatoms. The van der Waals surface area contributed by atoms with Crippen molar-refractivity contribution in [1.82, 2.24) is 0 Å². The Balaban J connectivity index is 3.48. The maximum absolute atomic E-state index is 11.5. The minimum absolute atomic E-state index is 0.0373. The van der Waals surface area contributed by atoms with Gasteiger partial charge in [0.2, 0.25) is 5.75 Å². The summed E-state index contributed by atoms with van der Waals surface area (Å²) in [5, 5.41) is 0.0747. The summed E-state index contributed by atoms with van der Waals surface area (Å²) in [6.45, 7) is 21.8. The standard InChI is InChI=1S/C20H36O4Si2/c1-19(2,3)25(8,9)23-16-12-15(14-21)13-17(18(16)22-7)24-26(10,11)20(4,5)6/h12-14H,1-11H3. The average Bonchev–Trinajstić information content (AvgIpc) is 2.43. The molecule has 26 heavy (non-hydrogen) atoms. The second-order valence-corrected chi connectivity index (χ2v) is 19.3. The van der Waals surface area contributed by atoms with Crippen LogP contribution in [0.25, 0.3) is 0 Å². The van der Waals surface area contributed by atoms with Gasteiger partial charge in [0, 0.05) is 5.56 Å². The van der Waals surface area contributed by atoms with Gasteiger partial charge in [-0.15, -0.1) is 0 Å². The zero-order valence-electron chi connectivity index (χ0n) is 18.4. The van der Waals surface area contributed by atoms with E-state index in [0.717, 1.165) is 6.29 Å². The molecule has 0 fully saturated rings. The van der Waals surface area contributed by atoms with Gasteiger partial charge in [0.05, 0.1) is 7.11 Å². The van der Waals surface area contributed by atoms with E-state index in [1.807, 2.05) is 0 Å². The predicted octanol–water partition coefficient (Wildman–Crippen LogP) is 6.28. The van der Waals surface area contributed by atoms with Gasteiger partial charge in [-0.2, -0.15) is 0 Å². The first-order valence-electron chi connectivity index (χ1n) is 9.11. The number of hydrogen-bond acceptors (Lipinski definition) is 4. The largest absolute Gasteiger partial charge is 0.541 e. The van der Waals surface area contributed by atoms with Crippen LogP contribution in [0.5, 0.6) is 17.2 Å². The first-order chi connectivity index (χ1) is 11.6. The van der Waals surface area contributed by atoms with Crippen LogP contribution in [0.2, 0.25) is 36.3 Å². The van der Waals surface area contributed by atoms with Gasteiger partial charge < -0.3 is 13.6 Å². The molecular formula is C20H36O4Si2. The fourth-order valence-electron chi connectivity index (χ4n) is 1.87. The normalized spacial score (nSPS) is 13.3. The van der Waals surface area contributed by atoms with Crippen LogP contribution < -0.4 is 13.6 Å². The fourth-order valence-corrected chi connectivity index (χ4v) is 3.89. The van der Waals surface area contributed by atoms with Crippen molar-refractivity contribution in [3.05, 3.63) is 17.7 Å². The summed E-state index contributed by atoms with van der Waals surface area (Å²) < 4.78 is 18.6. The number of carbonyl (C=O) groups excluding carboxylic acids is 1. The number of methoxy groups -OCH3 is 1. The molecular weight excluding hydrogens is 360 g/mol. The van der Waals surface area contributed by atoms with E-state index in [4.69, 9.17) is 13.6 Å². The third-order valence-electron chi connectivity index (χ3n) is 5.73. The Labute approximate surface area is 161 Å². The maximum atomic E-state index is 11.5. The van der Waals surface area contributed by atoms with Crippen molar-refractivity contribution in [2.24, 2.45) is 0 Å². The average molecular weight is 397 g/mol. The molecule has 1 aromatic carbocycles. The van der Waals surface area contributed by atoms with E-state index in [9.17, 15) is 4.79 Å². The van der Waals surface area contributed by atoms with Crippen molar-refractivity contribution in [3.8, 4) is 17.2 Å². The van der Waals surface area contributed by atoms with Crippen LogP contribution in [0.15, 0.2) is 12.1 Å². The lowest BCUT2D eigenvalue weighted by molar-refractivity contribution is 0.112. The molecule has 0 heterocycles. The molecule has 1 rings (SSSR count). The summed E-state index contributed by atoms with van der Waals surface area (Å²) in [7, 11) is -2.56. The number of ether oxygens (including phenoxy) is 1. The molecule has 0 atom stereocenters. The zero-order chi connectivity index (χ0) is 20.6. The van der Waals surface area contributed by atoms with Gasteiger partial charge in [0.25, 0.3) is 16.6 Å². The van der Waals surface area contributed by atoms with Gasteiger partial charge in [0.1, 0.15) is 6.29 Å². The Hall–Kier alpha value is -1.28. The van der Waals surface area contributed by atoms with E-state index in [-0.39, 0.29) is 10.1 Å². The molecule has 0 spiro atoms. The number of benzene rings is 1. The highest BCUT2D eigenvalue weighted by Crippen LogP contribution is 2.46. The minimum Gasteiger partial charge on any atom is -0.541 e. The quantitative estimate of drug-likeness (QED) is 0.419. The van der Waals surface area contributed by atoms with E-state index >= 15 is 0 Å². The van der Waals surface area contributed by atoms with Crippen molar-refractivity contribution in [2.45, 2.75) is 77.8 Å². The van der Waals surface area contributed by atoms with Crippen molar-refractivity contribution < 1.29 is 18.4 Å². The second kappa shape index (κ2) is 7.39. The third-order valence-corrected chi connectivity index (χ3v) is 14.4. The van der Waals surface area contributed by atoms with Crippen molar-refractivity contribution >= 4 is 22.9 Å². The molecule has 148 valence electrons. The minimum atomic E-state index is -2.09. The van der Waals surface area contributed by atoms with Gasteiger partial charge >= 0.3 is 0 Å². The Morgan fingerprint density at radius 3 is 1.38 bits per heavy atom. The van der Waals surface area contributed by atoms with Crippen LogP contribution >= 0.6 is 0 Å². The van der Waals surface area contributed by atoms with Crippen LogP contribution in [0.4, 0.5) is 0 Å². The Morgan fingerprint density at radius 1 is 0.808 bits per heavy atom. The van der Waals surface area contributed by atoms with E-state index in [1.165, 1.54) is 0 Å². The molecule has 0 saturated heterocycles. The van der Waals surface area contributed by atoms with Crippen LogP contribution in [0.3, 0.4) is 0 Å². The van der Waals surface area contributed by atoms with E-state index in [1.54, 1.807) is 19.2 Å². The first-order valence-corrected chi connectivity index (χ1v) is 14.9. The van der Waals surface area contributed by atoms with Crippen LogP contribution in [0.1, 0.15) is 51.9 Å². The molecule has 0 saturated carbocycles. The molecule has 0 aromatic heterocycles. The lowest BCUT2D eigenvalue weighted by Gasteiger charge is -2.38. The number of carbonyl (C=O) groups is 1. The summed E-state index contributed by atoms with van der Waals surface area (Å²) in [6, 6.07) is 3.51. The fraction of sp³-hybridized carbons (Fsp3) is 0.650. The summed E-state index contributed by atoms with van der Waals surface area (Å²) >= 11 is 0. The van der Waals surface area contributed by atoms with Crippen molar-refractivity contribution in [3.63, 3.8) is 0 Å². The molecule has 0 N–H and O–H groups in total. The Kier molecular flexibility index (Phi) is 6.47. The van der Waals surface area contributed by atoms with E-state index in [0.29, 0.717) is 22.8 Å². The topological polar surface area (TPSA) is 44.8 Å². The van der Waals surface area contributed by atoms with Crippen molar-refractivity contribution in [1.29, 1.82) is 0 Å². The van der Waals surface area contributed by atoms with Gasteiger partial charge in [0.15, 0.2) is 11.5 Å². The SMILES string of the molecule is COc1c(O[Si](C)(C)C(C)(C)C)cc(C=O)cc1O[Si](C)(C)C(C)(C)C. The molecule has 1 aromatic rings. The molecule has 0 amide bonds. The van der Waals surface area contributed by atoms with Crippen LogP contribution in [-0.4, -0.2) is 30.0 Å². The van der Waals surface area contributed by atoms with Crippen LogP contribution in [-0.2, 0) is 0 Å². The van der Waals surface area contributed by atoms with Gasteiger partial charge in [-0.1, -0.05) is 41.5 Å². The molecule has 4 nitrogen and oxygen atoms in total. The number of hydrogen-bond donors (Lipinski definition) is 0. The second-order valence-electron chi connectivity index (χ2n) is 9.89. The van der Waals surface area contributed by atoms with Gasteiger partial charge in [-0.3, -0.25) is 4.79 Å². The van der Waals surface area contributed by atoms with E-state index in [2.05, 4.69) is 67.7 Å². The highest BCUT2D eigenvalue weighted by atomic mass is 28.4. The molecule has 0 aliphatic heterocycles. The highest BCUT2D eigenvalue weighted by molar-refractivity contribution is 6.75. The summed E-state index contributed by atoms with van der Waals surface area (Å²) in [5.74, 6) is 1.76. The molecule has 0 unspecified atom stereocenters. The van der Waals surface area contributed by atoms with Gasteiger partial charge in [-0.25, -0.2) is 0 Å². The Bertz CT molecular complexity index is 604. The molecule has 0 aliphatic rings. The summed E-state index contributed by atoms with van der Waals surface area (Å²) in [5.41, 5.74) is 0.535. The lowest BCUT2D eigenvalue weighted by atomic mass is 10.2. The Morgan fingerprint density at radius 2 is 1.15 bits per heavy atom. The monoisotopic (exact) mass is 396 g/mol. The summed E-state index contributed by atoms with van der Waals surface area (Å²) in [4.78, 5) is 11.5. The van der Waals surface area contributed by atoms with Gasteiger partial charge in [-0.05, 0) is 48.4 Å². The number of rotatable bonds is 6. The maximum Gasteiger partial charge on any atom is 0.250 e. The number of aldehydes is 1. The third kappa shape index (κ3) is 4.91. The van der Waals surface area contributed by atoms with E-state index < -0.39 is 16.6 Å². The lowest BCUT2D eigenvalue weighted by Crippen LogP contribution is -2.44. The summed E-state index contributed by atoms with van der Waals surface area (Å²) in [6.07, 6.45) is 0.830.